The number of thiophene rings is 1. The number of benzene rings is 2. The summed E-state index contributed by atoms with van der Waals surface area (Å²) in [4.78, 5) is 53.8. The number of rotatable bonds is 11. The Labute approximate surface area is 258 Å². The van der Waals surface area contributed by atoms with Crippen LogP contribution in [0, 0.1) is 0 Å². The van der Waals surface area contributed by atoms with Gasteiger partial charge < -0.3 is 19.5 Å². The van der Waals surface area contributed by atoms with Gasteiger partial charge in [0.2, 0.25) is 5.91 Å². The summed E-state index contributed by atoms with van der Waals surface area (Å²) in [5.41, 5.74) is 2.96. The van der Waals surface area contributed by atoms with Crippen LogP contribution in [0.15, 0.2) is 53.4 Å². The Morgan fingerprint density at radius 3 is 2.53 bits per heavy atom. The average Bonchev–Trinajstić information content (AvgIpc) is 3.49. The number of fused-ring (bicyclic) bond motifs is 1. The highest BCUT2D eigenvalue weighted by molar-refractivity contribution is 8.18. The molecule has 1 aliphatic heterocycles. The molecule has 0 saturated carbocycles. The summed E-state index contributed by atoms with van der Waals surface area (Å²) in [6.07, 6.45) is 5.15. The van der Waals surface area contributed by atoms with E-state index in [2.05, 4.69) is 5.32 Å². The number of esters is 1. The third kappa shape index (κ3) is 7.11. The Hall–Kier alpha value is -4.09. The van der Waals surface area contributed by atoms with Crippen LogP contribution in [-0.2, 0) is 33.8 Å². The first-order valence-corrected chi connectivity index (χ1v) is 15.8. The molecule has 3 aromatic rings. The molecule has 3 amide bonds. The monoisotopic (exact) mass is 620 g/mol. The first kappa shape index (κ1) is 30.4. The van der Waals surface area contributed by atoms with Gasteiger partial charge >= 0.3 is 5.97 Å². The van der Waals surface area contributed by atoms with Gasteiger partial charge in [0.1, 0.15) is 18.2 Å². The van der Waals surface area contributed by atoms with Crippen molar-refractivity contribution in [3.63, 3.8) is 0 Å². The Kier molecular flexibility index (Phi) is 9.83. The van der Waals surface area contributed by atoms with Gasteiger partial charge in [0.05, 0.1) is 23.7 Å². The van der Waals surface area contributed by atoms with E-state index in [4.69, 9.17) is 14.2 Å². The number of hydrogen-bond donors (Lipinski definition) is 1. The van der Waals surface area contributed by atoms with E-state index < -0.39 is 29.6 Å². The lowest BCUT2D eigenvalue weighted by molar-refractivity contribution is -0.127. The highest BCUT2D eigenvalue weighted by Gasteiger charge is 2.37. The van der Waals surface area contributed by atoms with Crippen LogP contribution in [-0.4, -0.2) is 47.7 Å². The van der Waals surface area contributed by atoms with Crippen LogP contribution in [0.5, 0.6) is 11.5 Å². The second-order valence-corrected chi connectivity index (χ2v) is 12.0. The number of ether oxygens (including phenoxy) is 3. The Bertz CT molecular complexity index is 1570. The molecule has 1 saturated heterocycles. The molecule has 0 radical (unpaired) electrons. The Morgan fingerprint density at radius 2 is 1.77 bits per heavy atom. The molecule has 11 heteroatoms. The number of amides is 3. The lowest BCUT2D eigenvalue weighted by atomic mass is 9.95. The summed E-state index contributed by atoms with van der Waals surface area (Å²) in [6.45, 7) is 4.14. The van der Waals surface area contributed by atoms with Crippen molar-refractivity contribution in [1.82, 2.24) is 4.90 Å². The number of anilines is 1. The molecule has 2 aliphatic rings. The number of aryl methyl sites for hydroxylation is 1. The lowest BCUT2D eigenvalue weighted by Gasteiger charge is -2.14. The first-order chi connectivity index (χ1) is 20.9. The fourth-order valence-electron chi connectivity index (χ4n) is 4.91. The van der Waals surface area contributed by atoms with Crippen LogP contribution in [0.4, 0.5) is 9.80 Å². The number of nitrogens with zero attached hydrogens (tertiary/aromatic N) is 1. The quantitative estimate of drug-likeness (QED) is 0.192. The highest BCUT2D eigenvalue weighted by Crippen LogP contribution is 2.39. The van der Waals surface area contributed by atoms with Crippen molar-refractivity contribution in [3.05, 3.63) is 80.6 Å². The maximum Gasteiger partial charge on any atom is 0.341 e. The van der Waals surface area contributed by atoms with Crippen molar-refractivity contribution in [2.75, 3.05) is 25.1 Å². The van der Waals surface area contributed by atoms with Crippen LogP contribution in [0.3, 0.4) is 0 Å². The maximum atomic E-state index is 13.2. The van der Waals surface area contributed by atoms with E-state index in [1.165, 1.54) is 11.3 Å². The molecule has 1 N–H and O–H groups in total. The van der Waals surface area contributed by atoms with Crippen LogP contribution in [0.1, 0.15) is 58.6 Å². The molecule has 43 heavy (non-hydrogen) atoms. The number of thioether (sulfide) groups is 1. The molecule has 1 aromatic heterocycles. The number of nitrogens with one attached hydrogen (secondary N) is 1. The van der Waals surface area contributed by atoms with Crippen molar-refractivity contribution < 1.29 is 33.4 Å². The maximum absolute atomic E-state index is 13.2. The molecule has 0 bridgehead atoms. The van der Waals surface area contributed by atoms with Crippen LogP contribution >= 0.6 is 23.1 Å². The zero-order chi connectivity index (χ0) is 30.3. The molecule has 0 atom stereocenters. The van der Waals surface area contributed by atoms with Gasteiger partial charge in [-0.15, -0.1) is 11.3 Å². The van der Waals surface area contributed by atoms with E-state index in [9.17, 15) is 19.2 Å². The van der Waals surface area contributed by atoms with Crippen LogP contribution < -0.4 is 14.8 Å². The largest absolute Gasteiger partial charge is 0.490 e. The molecule has 2 heterocycles. The van der Waals surface area contributed by atoms with Crippen molar-refractivity contribution in [1.29, 1.82) is 0 Å². The van der Waals surface area contributed by atoms with Gasteiger partial charge in [-0.05, 0) is 86.2 Å². The van der Waals surface area contributed by atoms with E-state index in [1.807, 2.05) is 37.3 Å². The van der Waals surface area contributed by atoms with E-state index in [0.717, 1.165) is 58.3 Å². The van der Waals surface area contributed by atoms with Crippen LogP contribution in [0.25, 0.3) is 6.08 Å². The molecule has 0 spiro atoms. The van der Waals surface area contributed by atoms with Gasteiger partial charge in [-0.25, -0.2) is 4.79 Å². The fourth-order valence-corrected chi connectivity index (χ4v) is 7.04. The average molecular weight is 621 g/mol. The highest BCUT2D eigenvalue weighted by atomic mass is 32.2. The standard InChI is InChI=1S/C32H32N2O7S2/c1-3-39-24-16-21(14-15-23(24)41-19-20-10-6-5-7-11-20)17-26-30(36)34(32(38)43-26)18-27(35)33-29-28(31(37)40-4-2)22-12-8-9-13-25(22)42-29/h5-7,10-11,14-17H,3-4,8-9,12-13,18-19H2,1-2H3,(H,33,35)/b26-17+. The van der Waals surface area contributed by atoms with Crippen LogP contribution in [0.2, 0.25) is 0 Å². The SMILES string of the molecule is CCOC(=O)c1c(NC(=O)CN2C(=O)S/C(=C/c3ccc(OCc4ccccc4)c(OCC)c3)C2=O)sc2c1CCCC2. The minimum Gasteiger partial charge on any atom is -0.490 e. The molecular weight excluding hydrogens is 588 g/mol. The van der Waals surface area contributed by atoms with Gasteiger partial charge in [-0.3, -0.25) is 19.3 Å². The zero-order valence-electron chi connectivity index (χ0n) is 24.0. The van der Waals surface area contributed by atoms with E-state index in [1.54, 1.807) is 31.2 Å². The molecule has 2 aromatic carbocycles. The summed E-state index contributed by atoms with van der Waals surface area (Å²) in [5.74, 6) is -0.532. The summed E-state index contributed by atoms with van der Waals surface area (Å²) >= 11 is 2.12. The summed E-state index contributed by atoms with van der Waals surface area (Å²) in [5, 5.41) is 2.62. The minimum absolute atomic E-state index is 0.192. The van der Waals surface area contributed by atoms with Gasteiger partial charge in [-0.1, -0.05) is 36.4 Å². The van der Waals surface area contributed by atoms with Crippen molar-refractivity contribution in [2.45, 2.75) is 46.1 Å². The van der Waals surface area contributed by atoms with Gasteiger partial charge in [0, 0.05) is 4.88 Å². The normalized spacial score (nSPS) is 15.4. The number of carbonyl (C=O) groups excluding carboxylic acids is 4. The number of hydrogen-bond acceptors (Lipinski definition) is 9. The molecule has 9 nitrogen and oxygen atoms in total. The molecule has 224 valence electrons. The summed E-state index contributed by atoms with van der Waals surface area (Å²) in [7, 11) is 0. The topological polar surface area (TPSA) is 111 Å². The van der Waals surface area contributed by atoms with Crippen molar-refractivity contribution in [2.24, 2.45) is 0 Å². The first-order valence-electron chi connectivity index (χ1n) is 14.2. The smallest absolute Gasteiger partial charge is 0.341 e. The minimum atomic E-state index is -0.566. The van der Waals surface area contributed by atoms with Crippen molar-refractivity contribution in [3.8, 4) is 11.5 Å². The molecule has 5 rings (SSSR count). The van der Waals surface area contributed by atoms with E-state index in [-0.39, 0.29) is 11.5 Å². The number of carbonyl (C=O) groups is 4. The lowest BCUT2D eigenvalue weighted by Crippen LogP contribution is -2.36. The predicted octanol–water partition coefficient (Wildman–Crippen LogP) is 6.46. The second kappa shape index (κ2) is 13.9. The summed E-state index contributed by atoms with van der Waals surface area (Å²) < 4.78 is 17.0. The fraction of sp³-hybridized carbons (Fsp3) is 0.312. The second-order valence-electron chi connectivity index (χ2n) is 9.86. The van der Waals surface area contributed by atoms with E-state index in [0.29, 0.717) is 40.8 Å². The number of imide groups is 1. The van der Waals surface area contributed by atoms with Gasteiger partial charge in [0.15, 0.2) is 11.5 Å². The van der Waals surface area contributed by atoms with Gasteiger partial charge in [0.25, 0.3) is 11.1 Å². The van der Waals surface area contributed by atoms with Crippen molar-refractivity contribution >= 4 is 57.2 Å². The molecule has 1 fully saturated rings. The third-order valence-corrected chi connectivity index (χ3v) is 9.00. The third-order valence-electron chi connectivity index (χ3n) is 6.88. The van der Waals surface area contributed by atoms with Gasteiger partial charge in [-0.2, -0.15) is 0 Å². The molecular formula is C32H32N2O7S2. The Balaban J connectivity index is 1.28. The predicted molar refractivity (Wildman–Crippen MR) is 167 cm³/mol. The zero-order valence-corrected chi connectivity index (χ0v) is 25.6. The Morgan fingerprint density at radius 1 is 0.977 bits per heavy atom. The molecule has 1 aliphatic carbocycles. The molecule has 0 unspecified atom stereocenters. The summed E-state index contributed by atoms with van der Waals surface area (Å²) in [6, 6.07) is 15.1. The van der Waals surface area contributed by atoms with E-state index >= 15 is 0 Å².